The van der Waals surface area contributed by atoms with Gasteiger partial charge in [0, 0.05) is 25.0 Å². The van der Waals surface area contributed by atoms with E-state index in [4.69, 9.17) is 16.3 Å². The van der Waals surface area contributed by atoms with Crippen molar-refractivity contribution in [2.75, 3.05) is 10.6 Å². The van der Waals surface area contributed by atoms with E-state index in [0.717, 1.165) is 5.69 Å². The normalized spacial score (nSPS) is 10.2. The van der Waals surface area contributed by atoms with Crippen LogP contribution in [-0.4, -0.2) is 25.7 Å². The first kappa shape index (κ1) is 17.4. The fourth-order valence-corrected chi connectivity index (χ4v) is 2.19. The fraction of sp³-hybridized carbons (Fsp3) is 0.0588. The number of ether oxygens (including phenoxy) is 1. The molecule has 132 valence electrons. The molecule has 0 radical (unpaired) electrons. The molecular weight excluding hydrogens is 356 g/mol. The molecule has 8 nitrogen and oxygen atoms in total. The summed E-state index contributed by atoms with van der Waals surface area (Å²) in [6.07, 6.45) is 6.12. The first-order valence-corrected chi connectivity index (χ1v) is 7.91. The Morgan fingerprint density at radius 1 is 1.35 bits per heavy atom. The number of rotatable bonds is 6. The number of carbonyl (C=O) groups is 1. The average molecular weight is 371 g/mol. The number of anilines is 3. The summed E-state index contributed by atoms with van der Waals surface area (Å²) < 4.78 is 7.36. The van der Waals surface area contributed by atoms with E-state index in [1.807, 2.05) is 7.05 Å². The van der Waals surface area contributed by atoms with Crippen LogP contribution in [0.1, 0.15) is 0 Å². The van der Waals surface area contributed by atoms with Gasteiger partial charge in [-0.15, -0.1) is 0 Å². The number of halogens is 1. The summed E-state index contributed by atoms with van der Waals surface area (Å²) >= 11 is 6.07. The molecule has 26 heavy (non-hydrogen) atoms. The van der Waals surface area contributed by atoms with E-state index in [0.29, 0.717) is 17.3 Å². The van der Waals surface area contributed by atoms with Gasteiger partial charge in [-0.25, -0.2) is 4.98 Å². The standard InChI is InChI=1S/C17H15ClN6O2/c1-3-15(25)22-11-5-4-6-13(7-11)26-17-16(18)19-9-14(23-17)21-12-8-20-24(2)10-12/h3-10H,1H2,2H3,(H,21,23)(H,22,25). The fourth-order valence-electron chi connectivity index (χ4n) is 2.06. The van der Waals surface area contributed by atoms with Gasteiger partial charge in [-0.1, -0.05) is 24.2 Å². The highest BCUT2D eigenvalue weighted by molar-refractivity contribution is 6.30. The molecule has 9 heteroatoms. The third-order valence-corrected chi connectivity index (χ3v) is 3.44. The molecule has 0 aliphatic rings. The minimum atomic E-state index is -0.317. The first-order valence-electron chi connectivity index (χ1n) is 7.53. The predicted octanol–water partition coefficient (Wildman–Crippen LogP) is 3.52. The van der Waals surface area contributed by atoms with E-state index in [1.54, 1.807) is 41.3 Å². The Bertz CT molecular complexity index is 956. The SMILES string of the molecule is C=CC(=O)Nc1cccc(Oc2nc(Nc3cnn(C)c3)cnc2Cl)c1. The highest BCUT2D eigenvalue weighted by atomic mass is 35.5. The van der Waals surface area contributed by atoms with Crippen LogP contribution in [0, 0.1) is 0 Å². The minimum absolute atomic E-state index is 0.113. The minimum Gasteiger partial charge on any atom is -0.436 e. The second-order valence-electron chi connectivity index (χ2n) is 5.20. The Morgan fingerprint density at radius 2 is 2.19 bits per heavy atom. The molecule has 0 fully saturated rings. The Labute approximate surface area is 154 Å². The molecule has 0 aliphatic heterocycles. The van der Waals surface area contributed by atoms with E-state index in [2.05, 4.69) is 32.3 Å². The monoisotopic (exact) mass is 370 g/mol. The largest absolute Gasteiger partial charge is 0.436 e. The number of hydrogen-bond acceptors (Lipinski definition) is 6. The summed E-state index contributed by atoms with van der Waals surface area (Å²) in [4.78, 5) is 19.8. The van der Waals surface area contributed by atoms with Gasteiger partial charge in [-0.3, -0.25) is 9.48 Å². The quantitative estimate of drug-likeness (QED) is 0.645. The van der Waals surface area contributed by atoms with Gasteiger partial charge >= 0.3 is 0 Å². The summed E-state index contributed by atoms with van der Waals surface area (Å²) in [6, 6.07) is 6.80. The Morgan fingerprint density at radius 3 is 2.92 bits per heavy atom. The van der Waals surface area contributed by atoms with Gasteiger partial charge in [0.2, 0.25) is 5.91 Å². The van der Waals surface area contributed by atoms with Crippen LogP contribution in [0.15, 0.2) is 55.5 Å². The molecular formula is C17H15ClN6O2. The molecule has 0 saturated heterocycles. The number of aromatic nitrogens is 4. The lowest BCUT2D eigenvalue weighted by Gasteiger charge is -2.10. The molecule has 1 aromatic carbocycles. The molecule has 2 N–H and O–H groups in total. The number of benzene rings is 1. The van der Waals surface area contributed by atoms with Crippen molar-refractivity contribution in [3.05, 3.63) is 60.7 Å². The Balaban J connectivity index is 1.78. The smallest absolute Gasteiger partial charge is 0.259 e. The molecule has 0 bridgehead atoms. The van der Waals surface area contributed by atoms with Gasteiger partial charge in [0.15, 0.2) is 11.0 Å². The number of amides is 1. The van der Waals surface area contributed by atoms with Crippen molar-refractivity contribution in [2.24, 2.45) is 7.05 Å². The lowest BCUT2D eigenvalue weighted by Crippen LogP contribution is -2.07. The summed E-state index contributed by atoms with van der Waals surface area (Å²) in [6.45, 7) is 3.41. The maximum Gasteiger partial charge on any atom is 0.259 e. The summed E-state index contributed by atoms with van der Waals surface area (Å²) in [5.74, 6) is 0.713. The number of nitrogens with one attached hydrogen (secondary N) is 2. The molecule has 3 rings (SSSR count). The van der Waals surface area contributed by atoms with Crippen LogP contribution < -0.4 is 15.4 Å². The van der Waals surface area contributed by atoms with Crippen LogP contribution in [-0.2, 0) is 11.8 Å². The molecule has 0 unspecified atom stereocenters. The van der Waals surface area contributed by atoms with Crippen molar-refractivity contribution < 1.29 is 9.53 Å². The van der Waals surface area contributed by atoms with Gasteiger partial charge in [0.25, 0.3) is 5.88 Å². The number of hydrogen-bond donors (Lipinski definition) is 2. The summed E-state index contributed by atoms with van der Waals surface area (Å²) in [7, 11) is 1.81. The number of nitrogens with zero attached hydrogens (tertiary/aromatic N) is 4. The molecule has 0 aliphatic carbocycles. The van der Waals surface area contributed by atoms with Gasteiger partial charge in [0.1, 0.15) is 5.75 Å². The average Bonchev–Trinajstić information content (AvgIpc) is 3.03. The number of aryl methyl sites for hydroxylation is 1. The Hall–Kier alpha value is -3.39. The van der Waals surface area contributed by atoms with Crippen molar-refractivity contribution >= 4 is 34.7 Å². The molecule has 0 saturated carbocycles. The van der Waals surface area contributed by atoms with Crippen LogP contribution in [0.2, 0.25) is 5.15 Å². The van der Waals surface area contributed by atoms with Gasteiger partial charge in [-0.2, -0.15) is 10.1 Å². The van der Waals surface area contributed by atoms with Gasteiger partial charge in [0.05, 0.1) is 18.1 Å². The zero-order valence-corrected chi connectivity index (χ0v) is 14.6. The molecule has 0 spiro atoms. The highest BCUT2D eigenvalue weighted by Gasteiger charge is 2.10. The van der Waals surface area contributed by atoms with Gasteiger partial charge in [-0.05, 0) is 18.2 Å². The van der Waals surface area contributed by atoms with Crippen molar-refractivity contribution in [3.8, 4) is 11.6 Å². The summed E-state index contributed by atoms with van der Waals surface area (Å²) in [5.41, 5.74) is 1.31. The number of carbonyl (C=O) groups excluding carboxylic acids is 1. The first-order chi connectivity index (χ1) is 12.5. The molecule has 3 aromatic rings. The van der Waals surface area contributed by atoms with E-state index in [9.17, 15) is 4.79 Å². The van der Waals surface area contributed by atoms with E-state index >= 15 is 0 Å². The van der Waals surface area contributed by atoms with Crippen molar-refractivity contribution in [1.82, 2.24) is 19.7 Å². The second-order valence-corrected chi connectivity index (χ2v) is 5.56. The van der Waals surface area contributed by atoms with Crippen LogP contribution in [0.4, 0.5) is 17.2 Å². The lowest BCUT2D eigenvalue weighted by molar-refractivity contribution is -0.111. The Kier molecular flexibility index (Phi) is 5.14. The van der Waals surface area contributed by atoms with Gasteiger partial charge < -0.3 is 15.4 Å². The van der Waals surface area contributed by atoms with Crippen LogP contribution in [0.3, 0.4) is 0 Å². The second kappa shape index (κ2) is 7.66. The van der Waals surface area contributed by atoms with Crippen molar-refractivity contribution in [2.45, 2.75) is 0 Å². The van der Waals surface area contributed by atoms with Crippen molar-refractivity contribution in [3.63, 3.8) is 0 Å². The van der Waals surface area contributed by atoms with E-state index < -0.39 is 0 Å². The highest BCUT2D eigenvalue weighted by Crippen LogP contribution is 2.29. The molecule has 2 heterocycles. The molecule has 0 atom stereocenters. The van der Waals surface area contributed by atoms with Crippen LogP contribution in [0.5, 0.6) is 11.6 Å². The van der Waals surface area contributed by atoms with E-state index in [1.165, 1.54) is 12.3 Å². The zero-order chi connectivity index (χ0) is 18.5. The maximum absolute atomic E-state index is 11.4. The predicted molar refractivity (Wildman–Crippen MR) is 98.9 cm³/mol. The van der Waals surface area contributed by atoms with Crippen molar-refractivity contribution in [1.29, 1.82) is 0 Å². The third-order valence-electron chi connectivity index (χ3n) is 3.18. The lowest BCUT2D eigenvalue weighted by atomic mass is 10.3. The molecule has 1 amide bonds. The third kappa shape index (κ3) is 4.37. The van der Waals surface area contributed by atoms with E-state index in [-0.39, 0.29) is 16.9 Å². The summed E-state index contributed by atoms with van der Waals surface area (Å²) in [5, 5.41) is 9.89. The maximum atomic E-state index is 11.4. The topological polar surface area (TPSA) is 94.0 Å². The van der Waals surface area contributed by atoms with Crippen LogP contribution >= 0.6 is 11.6 Å². The zero-order valence-electron chi connectivity index (χ0n) is 13.8. The van der Waals surface area contributed by atoms with Crippen LogP contribution in [0.25, 0.3) is 0 Å². The molecule has 2 aromatic heterocycles.